The summed E-state index contributed by atoms with van der Waals surface area (Å²) < 4.78 is 136. The molecule has 0 radical (unpaired) electrons. The van der Waals surface area contributed by atoms with Crippen molar-refractivity contribution in [2.75, 3.05) is 75.4 Å². The quantitative estimate of drug-likeness (QED) is 0.0216. The summed E-state index contributed by atoms with van der Waals surface area (Å²) in [7, 11) is -17.0. The third-order valence-electron chi connectivity index (χ3n) is 26.0. The molecule has 2 aromatic carbocycles. The Kier molecular flexibility index (Phi) is 34.4. The second-order valence-electron chi connectivity index (χ2n) is 43.7. The molecule has 4 saturated heterocycles. The van der Waals surface area contributed by atoms with Crippen molar-refractivity contribution in [1.82, 2.24) is 63.7 Å². The maximum Gasteiger partial charge on any atom is 0.281 e. The minimum Gasteiger partial charge on any atom is -0.493 e. The van der Waals surface area contributed by atoms with E-state index in [9.17, 15) is 52.8 Å². The molecule has 4 aliphatic heterocycles. The Morgan fingerprint density at radius 2 is 0.847 bits per heavy atom. The highest BCUT2D eigenvalue weighted by molar-refractivity contribution is 7.91. The van der Waals surface area contributed by atoms with Crippen molar-refractivity contribution in [3.05, 3.63) is 215 Å². The minimum absolute atomic E-state index is 0.00261. The number of anilines is 8. The molecule has 12 N–H and O–H groups in total. The smallest absolute Gasteiger partial charge is 0.281 e. The van der Waals surface area contributed by atoms with Crippen molar-refractivity contribution in [1.29, 1.82) is 0 Å². The first-order chi connectivity index (χ1) is 70.1. The van der Waals surface area contributed by atoms with Gasteiger partial charge in [-0.15, -0.1) is 0 Å². The number of nitrogens with zero attached hydrogens (tertiary/aromatic N) is 13. The lowest BCUT2D eigenvalue weighted by Crippen LogP contribution is -2.60. The first kappa shape index (κ1) is 113. The number of carbonyl (C=O) groups excluding carboxylic acids is 4. The lowest BCUT2D eigenvalue weighted by atomic mass is 9.85. The molecule has 1 saturated carbocycles. The van der Waals surface area contributed by atoms with Crippen molar-refractivity contribution in [2.24, 2.45) is 23.7 Å². The second-order valence-corrected chi connectivity index (χ2v) is 50.3. The van der Waals surface area contributed by atoms with Crippen molar-refractivity contribution < 1.29 is 71.8 Å². The maximum atomic E-state index is 13.6. The van der Waals surface area contributed by atoms with Crippen LogP contribution in [0.1, 0.15) is 249 Å². The Hall–Kier alpha value is -13.8. The Balaban J connectivity index is 0.000000167. The van der Waals surface area contributed by atoms with Gasteiger partial charge < -0.3 is 61.5 Å². The highest BCUT2D eigenvalue weighted by Gasteiger charge is 2.45. The number of benzene rings is 2. The van der Waals surface area contributed by atoms with Crippen LogP contribution in [0.25, 0.3) is 33.8 Å². The van der Waals surface area contributed by atoms with Crippen molar-refractivity contribution in [2.45, 2.75) is 276 Å². The van der Waals surface area contributed by atoms with Gasteiger partial charge in [0.05, 0.1) is 75.9 Å². The van der Waals surface area contributed by atoms with Crippen LogP contribution in [0.4, 0.5) is 46.5 Å². The van der Waals surface area contributed by atoms with E-state index < -0.39 is 74.9 Å². The zero-order chi connectivity index (χ0) is 110. The van der Waals surface area contributed by atoms with Crippen LogP contribution in [0.3, 0.4) is 0 Å². The van der Waals surface area contributed by atoms with Crippen molar-refractivity contribution >= 4 is 110 Å². The molecule has 802 valence electrons. The molecule has 0 spiro atoms. The molecule has 150 heavy (non-hydrogen) atoms. The molecule has 16 rings (SSSR count). The number of aryl methyl sites for hydroxylation is 2. The largest absolute Gasteiger partial charge is 0.493 e. The topological polar surface area (TPSA) is 523 Å². The van der Waals surface area contributed by atoms with E-state index in [2.05, 4.69) is 155 Å². The van der Waals surface area contributed by atoms with E-state index >= 15 is 0 Å². The fraction of sp³-hybridized carbons (Fsp3) is 0.440. The average Bonchev–Trinajstić information content (AvgIpc) is 1.12. The van der Waals surface area contributed by atoms with Crippen LogP contribution < -0.4 is 75.6 Å². The number of sulfonamides is 4. The summed E-state index contributed by atoms with van der Waals surface area (Å²) in [5.74, 6) is 2.71. The molecule has 11 aromatic rings. The normalized spacial score (nSPS) is 17.8. The van der Waals surface area contributed by atoms with Gasteiger partial charge in [-0.3, -0.25) is 19.2 Å². The van der Waals surface area contributed by atoms with E-state index in [0.717, 1.165) is 96.0 Å². The Bertz CT molecular complexity index is 7300. The van der Waals surface area contributed by atoms with Crippen LogP contribution in [-0.4, -0.2) is 182 Å². The Morgan fingerprint density at radius 1 is 0.447 bits per heavy atom. The molecule has 5 aliphatic rings. The van der Waals surface area contributed by atoms with Crippen LogP contribution >= 0.6 is 0 Å². The predicted octanol–water partition coefficient (Wildman–Crippen LogP) is 16.7. The molecule has 41 heteroatoms. The number of rotatable bonds is 29. The number of morpholine rings is 1. The van der Waals surface area contributed by atoms with E-state index in [-0.39, 0.29) is 106 Å². The Labute approximate surface area is 881 Å². The molecule has 4 amide bonds. The summed E-state index contributed by atoms with van der Waals surface area (Å²) in [6, 6.07) is 46.3. The molecule has 1 aliphatic carbocycles. The van der Waals surface area contributed by atoms with Crippen molar-refractivity contribution in [3.63, 3.8) is 0 Å². The number of nitrogens with one attached hydrogen (secondary N) is 4. The number of carbonyl (C=O) groups is 4. The number of hydrogen-bond acceptors (Lipinski definition) is 33. The van der Waals surface area contributed by atoms with Gasteiger partial charge in [0.15, 0.2) is 20.1 Å². The van der Waals surface area contributed by atoms with Gasteiger partial charge in [-0.05, 0) is 322 Å². The highest BCUT2D eigenvalue weighted by atomic mass is 32.2. The van der Waals surface area contributed by atoms with Gasteiger partial charge in [0.25, 0.3) is 63.7 Å². The molecular weight excluding hydrogens is 1990 g/mol. The molecule has 0 unspecified atom stereocenters. The number of pyridine rings is 9. The van der Waals surface area contributed by atoms with Gasteiger partial charge in [0.1, 0.15) is 58.0 Å². The zero-order valence-electron chi connectivity index (χ0n) is 89.3. The third-order valence-corrected chi connectivity index (χ3v) is 30.9. The SMILES string of the molecule is CC(C)Oc1cc(-c2ccc(C(=O)NS(=O)(=O)c3cccc(N)n3)c(N3C[C@@H](C)CC3(C)C)n2)cc(C(C)(C)C)c1.CC(C)Oc1ccc(-c2ccc(C(=O)NS(=O)(=O)c3cccc(N)n3)c(N3[C@H](C)CC[C@@H]3C)n2)cn1.C[C@@H]1CN(c2nc(CCC3CC3)ccc2C(=O)NS(=O)(=O)c2cccc(N)n2)C(C)(C)C1.Cc1cc(OCC(C)C)cc(-c2ccc(C(=O)NS(=O)(=O)c3cccc(N)n3)c(N3CC(C)(C)OCC3(C)C)n2)c1. The molecular formula is C109H141N21O16S4. The standard InChI is InChI=1S/C31H41N5O4S.C30H39N5O5S.C25H30N6O4S.C23H31N5O3S/c1-19(2)40-23-15-21(14-22(16-23)30(4,5)6)25-13-12-24(28(33-25)36-18-20(3)17-31(36,7)8)29(37)35-41(38,39)27-11-9-10-26(32)34-27;1-19(2)16-39-22-14-20(3)13-21(15-22)24-12-11-23(27(32-24)35-17-30(6,7)40-18-29(35,4)5)28(36)34-41(37,38)26-10-8-9-25(31)33-26;1-15(2)35-22-13-10-18(14-27-22)20-12-11-19(24(28-20)31-16(3)8-9-17(31)4)25(32)30-36(33,34)23-7-5-6-21(26)29-23;1-15-13-23(2,3)28(14-15)21-18(12-11-17(25-21)10-9-16-7-8-16)22(29)27-32(30,31)20-6-4-5-19(24)26-20/h9-16,19-20H,17-18H2,1-8H3,(H2,32,34)(H,35,37);8-15,19H,16-18H2,1-7H3,(H2,31,33)(H,34,36);5-7,10-17H,8-9H2,1-4H3,(H2,26,29)(H,30,32);4-6,11-12,15-16H,7-10,13-14H2,1-3H3,(H2,24,26)(H,27,29)/t20-;;16-,17+;15-/m0..0/s1. The Morgan fingerprint density at radius 3 is 1.24 bits per heavy atom. The fourth-order valence-corrected chi connectivity index (χ4v) is 22.3. The number of aromatic nitrogens is 9. The van der Waals surface area contributed by atoms with Gasteiger partial charge in [-0.2, -0.15) is 33.7 Å². The average molecular weight is 2130 g/mol. The first-order valence-electron chi connectivity index (χ1n) is 50.3. The lowest BCUT2D eigenvalue weighted by Gasteiger charge is -2.49. The molecule has 4 atom stereocenters. The molecule has 37 nitrogen and oxygen atoms in total. The second kappa shape index (κ2) is 45.6. The molecule has 9 aromatic heterocycles. The van der Waals surface area contributed by atoms with Gasteiger partial charge in [0.2, 0.25) is 5.88 Å². The van der Waals surface area contributed by atoms with E-state index in [1.807, 2.05) is 110 Å². The summed E-state index contributed by atoms with van der Waals surface area (Å²) in [6.45, 7) is 48.1. The molecule has 0 bridgehead atoms. The molecule has 13 heterocycles. The van der Waals surface area contributed by atoms with Gasteiger partial charge in [-0.1, -0.05) is 85.6 Å². The number of ether oxygens (including phenoxy) is 4. The summed E-state index contributed by atoms with van der Waals surface area (Å²) in [4.78, 5) is 101. The van der Waals surface area contributed by atoms with Crippen LogP contribution in [0.5, 0.6) is 17.4 Å². The van der Waals surface area contributed by atoms with E-state index in [1.54, 1.807) is 54.7 Å². The highest BCUT2D eigenvalue weighted by Crippen LogP contribution is 2.45. The summed E-state index contributed by atoms with van der Waals surface area (Å²) in [5.41, 5.74) is 28.9. The van der Waals surface area contributed by atoms with E-state index in [0.29, 0.717) is 90.3 Å². The summed E-state index contributed by atoms with van der Waals surface area (Å²) in [6.07, 6.45) is 9.90. The van der Waals surface area contributed by atoms with Crippen molar-refractivity contribution in [3.8, 4) is 51.2 Å². The predicted molar refractivity (Wildman–Crippen MR) is 583 cm³/mol. The monoisotopic (exact) mass is 2130 g/mol. The number of nitrogen functional groups attached to an aromatic ring is 4. The first-order valence-corrected chi connectivity index (χ1v) is 56.2. The number of hydrogen-bond donors (Lipinski definition) is 8. The number of nitrogens with two attached hydrogens (primary N) is 4. The maximum absolute atomic E-state index is 13.6. The van der Waals surface area contributed by atoms with Gasteiger partial charge >= 0.3 is 0 Å². The van der Waals surface area contributed by atoms with Crippen LogP contribution in [0, 0.1) is 30.6 Å². The zero-order valence-corrected chi connectivity index (χ0v) is 92.6. The fourth-order valence-electron chi connectivity index (χ4n) is 18.6. The van der Waals surface area contributed by atoms with Crippen LogP contribution in [0.15, 0.2) is 196 Å². The van der Waals surface area contributed by atoms with Crippen LogP contribution in [0.2, 0.25) is 0 Å². The van der Waals surface area contributed by atoms with Crippen LogP contribution in [-0.2, 0) is 56.7 Å². The summed E-state index contributed by atoms with van der Waals surface area (Å²) in [5, 5.41) is -1.31. The number of amides is 4. The van der Waals surface area contributed by atoms with Gasteiger partial charge in [-0.25, -0.2) is 63.7 Å². The lowest BCUT2D eigenvalue weighted by molar-refractivity contribution is -0.0630. The summed E-state index contributed by atoms with van der Waals surface area (Å²) >= 11 is 0. The van der Waals surface area contributed by atoms with E-state index in [4.69, 9.17) is 61.8 Å². The third kappa shape index (κ3) is 28.7. The minimum atomic E-state index is -4.29. The van der Waals surface area contributed by atoms with E-state index in [1.165, 1.54) is 85.6 Å². The van der Waals surface area contributed by atoms with Gasteiger partial charge in [0, 0.05) is 77.4 Å². The molecule has 5 fully saturated rings.